The van der Waals surface area contributed by atoms with Gasteiger partial charge in [-0.05, 0) is 31.2 Å². The van der Waals surface area contributed by atoms with Crippen LogP contribution in [-0.4, -0.2) is 61.0 Å². The number of thiazole rings is 1. The monoisotopic (exact) mass is 447 g/mol. The molecule has 0 atom stereocenters. The van der Waals surface area contributed by atoms with Crippen molar-refractivity contribution in [2.75, 3.05) is 54.4 Å². The topological polar surface area (TPSA) is 68.8 Å². The van der Waals surface area contributed by atoms with Crippen LogP contribution in [0.2, 0.25) is 5.02 Å². The lowest BCUT2D eigenvalue weighted by Gasteiger charge is -2.36. The first-order chi connectivity index (χ1) is 14.5. The van der Waals surface area contributed by atoms with Crippen LogP contribution in [-0.2, 0) is 16.0 Å². The number of carbonyl (C=O) groups is 2. The molecule has 0 unspecified atom stereocenters. The van der Waals surface area contributed by atoms with Crippen LogP contribution in [0.25, 0.3) is 0 Å². The Bertz CT molecular complexity index is 926. The number of carbonyl (C=O) groups excluding carboxylic acids is 2. The fourth-order valence-corrected chi connectivity index (χ4v) is 4.94. The lowest BCUT2D eigenvalue weighted by Crippen LogP contribution is -2.46. The molecule has 0 spiro atoms. The van der Waals surface area contributed by atoms with Gasteiger partial charge in [0.2, 0.25) is 11.8 Å². The van der Waals surface area contributed by atoms with E-state index in [0.717, 1.165) is 50.5 Å². The van der Waals surface area contributed by atoms with E-state index in [-0.39, 0.29) is 18.2 Å². The Labute approximate surface area is 185 Å². The van der Waals surface area contributed by atoms with Crippen LogP contribution in [0, 0.1) is 0 Å². The second-order valence-electron chi connectivity index (χ2n) is 7.58. The van der Waals surface area contributed by atoms with E-state index in [9.17, 15) is 9.59 Å². The maximum absolute atomic E-state index is 12.7. The maximum Gasteiger partial charge on any atom is 0.230 e. The molecule has 0 radical (unpaired) electrons. The van der Waals surface area contributed by atoms with Crippen LogP contribution in [0.5, 0.6) is 0 Å². The molecule has 4 rings (SSSR count). The van der Waals surface area contributed by atoms with Gasteiger partial charge in [0.15, 0.2) is 5.13 Å². The molecular formula is C21H26ClN5O2S. The minimum absolute atomic E-state index is 0.104. The minimum atomic E-state index is -0.143. The van der Waals surface area contributed by atoms with Gasteiger partial charge in [0.1, 0.15) is 0 Å². The Balaban J connectivity index is 1.42. The van der Waals surface area contributed by atoms with Crippen LogP contribution in [0.3, 0.4) is 0 Å². The van der Waals surface area contributed by atoms with Gasteiger partial charge < -0.3 is 15.1 Å². The highest BCUT2D eigenvalue weighted by Crippen LogP contribution is 2.31. The second kappa shape index (κ2) is 9.32. The Morgan fingerprint density at radius 2 is 2.03 bits per heavy atom. The zero-order chi connectivity index (χ0) is 21.1. The van der Waals surface area contributed by atoms with Gasteiger partial charge in [-0.3, -0.25) is 14.5 Å². The summed E-state index contributed by atoms with van der Waals surface area (Å²) >= 11 is 7.62. The zero-order valence-corrected chi connectivity index (χ0v) is 18.6. The van der Waals surface area contributed by atoms with Crippen molar-refractivity contribution >= 4 is 51.3 Å². The number of benzene rings is 1. The molecule has 2 saturated heterocycles. The Hall–Kier alpha value is -2.16. The average Bonchev–Trinajstić information content (AvgIpc) is 3.36. The number of hydrogen-bond acceptors (Lipinski definition) is 6. The van der Waals surface area contributed by atoms with Crippen molar-refractivity contribution in [3.63, 3.8) is 0 Å². The Kier molecular flexibility index (Phi) is 6.55. The van der Waals surface area contributed by atoms with Gasteiger partial charge in [-0.1, -0.05) is 18.5 Å². The third kappa shape index (κ3) is 4.77. The molecule has 160 valence electrons. The molecule has 1 aromatic heterocycles. The highest BCUT2D eigenvalue weighted by atomic mass is 35.5. The molecule has 2 fully saturated rings. The first-order valence-electron chi connectivity index (χ1n) is 10.3. The summed E-state index contributed by atoms with van der Waals surface area (Å²) in [5.41, 5.74) is 2.39. The Morgan fingerprint density at radius 1 is 1.23 bits per heavy atom. The summed E-state index contributed by atoms with van der Waals surface area (Å²) in [5.74, 6) is -0.0394. The summed E-state index contributed by atoms with van der Waals surface area (Å²) in [6, 6.07) is 5.63. The van der Waals surface area contributed by atoms with Gasteiger partial charge in [-0.15, -0.1) is 11.3 Å². The standard InChI is InChI=1S/C21H26ClN5O2S/c1-2-25-8-10-26(11-9-25)18-6-5-15(22)12-17(18)24-19(28)13-16-14-30-21(23-16)27-7-3-4-20(27)29/h5-6,12,14H,2-4,7-11,13H2,1H3,(H,24,28). The van der Waals surface area contributed by atoms with Crippen molar-refractivity contribution < 1.29 is 9.59 Å². The molecule has 1 N–H and O–H groups in total. The van der Waals surface area contributed by atoms with Crippen molar-refractivity contribution in [3.05, 3.63) is 34.3 Å². The van der Waals surface area contributed by atoms with Gasteiger partial charge in [0.25, 0.3) is 0 Å². The van der Waals surface area contributed by atoms with Gasteiger partial charge in [0, 0.05) is 49.5 Å². The maximum atomic E-state index is 12.7. The predicted molar refractivity (Wildman–Crippen MR) is 122 cm³/mol. The number of nitrogens with one attached hydrogen (secondary N) is 1. The fourth-order valence-electron chi connectivity index (χ4n) is 3.90. The largest absolute Gasteiger partial charge is 0.367 e. The van der Waals surface area contributed by atoms with E-state index < -0.39 is 0 Å². The number of piperazine rings is 1. The zero-order valence-electron chi connectivity index (χ0n) is 17.1. The van der Waals surface area contributed by atoms with Crippen molar-refractivity contribution in [3.8, 4) is 0 Å². The van der Waals surface area contributed by atoms with Gasteiger partial charge in [-0.25, -0.2) is 4.98 Å². The molecule has 2 aliphatic heterocycles. The van der Waals surface area contributed by atoms with Crippen molar-refractivity contribution in [1.29, 1.82) is 0 Å². The van der Waals surface area contributed by atoms with E-state index in [2.05, 4.69) is 27.0 Å². The Morgan fingerprint density at radius 3 is 2.73 bits per heavy atom. The summed E-state index contributed by atoms with van der Waals surface area (Å²) < 4.78 is 0. The summed E-state index contributed by atoms with van der Waals surface area (Å²) in [5, 5.41) is 6.13. The normalized spacial score (nSPS) is 17.6. The number of likely N-dealkylation sites (N-methyl/N-ethyl adjacent to an activating group) is 1. The van der Waals surface area contributed by atoms with E-state index in [0.29, 0.717) is 28.8 Å². The molecule has 2 aliphatic rings. The number of anilines is 3. The molecule has 2 aromatic rings. The molecule has 3 heterocycles. The van der Waals surface area contributed by atoms with Crippen molar-refractivity contribution in [2.45, 2.75) is 26.2 Å². The molecular weight excluding hydrogens is 422 g/mol. The van der Waals surface area contributed by atoms with Gasteiger partial charge in [-0.2, -0.15) is 0 Å². The van der Waals surface area contributed by atoms with Crippen LogP contribution in [0.4, 0.5) is 16.5 Å². The van der Waals surface area contributed by atoms with Crippen LogP contribution in [0.1, 0.15) is 25.5 Å². The van der Waals surface area contributed by atoms with E-state index in [4.69, 9.17) is 11.6 Å². The number of halogens is 1. The second-order valence-corrected chi connectivity index (χ2v) is 8.85. The van der Waals surface area contributed by atoms with Crippen molar-refractivity contribution in [1.82, 2.24) is 9.88 Å². The quantitative estimate of drug-likeness (QED) is 0.736. The molecule has 7 nitrogen and oxygen atoms in total. The number of rotatable bonds is 6. The van der Waals surface area contributed by atoms with E-state index in [1.807, 2.05) is 17.5 Å². The number of nitrogens with zero attached hydrogens (tertiary/aromatic N) is 4. The van der Waals surface area contributed by atoms with Crippen LogP contribution in [0.15, 0.2) is 23.6 Å². The lowest BCUT2D eigenvalue weighted by molar-refractivity contribution is -0.117. The first-order valence-corrected chi connectivity index (χ1v) is 11.6. The smallest absolute Gasteiger partial charge is 0.230 e. The van der Waals surface area contributed by atoms with E-state index in [1.165, 1.54) is 11.3 Å². The number of hydrogen-bond donors (Lipinski definition) is 1. The van der Waals surface area contributed by atoms with Crippen molar-refractivity contribution in [2.24, 2.45) is 0 Å². The fraction of sp³-hybridized carbons (Fsp3) is 0.476. The molecule has 0 bridgehead atoms. The summed E-state index contributed by atoms with van der Waals surface area (Å²) in [6.45, 7) is 7.76. The summed E-state index contributed by atoms with van der Waals surface area (Å²) in [4.78, 5) is 35.5. The number of aromatic nitrogens is 1. The highest BCUT2D eigenvalue weighted by Gasteiger charge is 2.25. The molecule has 0 saturated carbocycles. The van der Waals surface area contributed by atoms with Crippen LogP contribution < -0.4 is 15.1 Å². The SMILES string of the molecule is CCN1CCN(c2ccc(Cl)cc2NC(=O)Cc2csc(N3CCCC3=O)n2)CC1. The molecule has 30 heavy (non-hydrogen) atoms. The van der Waals surface area contributed by atoms with E-state index >= 15 is 0 Å². The molecule has 0 aliphatic carbocycles. The minimum Gasteiger partial charge on any atom is -0.367 e. The van der Waals surface area contributed by atoms with Crippen LogP contribution >= 0.6 is 22.9 Å². The third-order valence-electron chi connectivity index (χ3n) is 5.58. The summed E-state index contributed by atoms with van der Waals surface area (Å²) in [7, 11) is 0. The third-order valence-corrected chi connectivity index (χ3v) is 6.73. The van der Waals surface area contributed by atoms with E-state index in [1.54, 1.807) is 11.0 Å². The highest BCUT2D eigenvalue weighted by molar-refractivity contribution is 7.14. The predicted octanol–water partition coefficient (Wildman–Crippen LogP) is 3.25. The van der Waals surface area contributed by atoms with Gasteiger partial charge in [0.05, 0.1) is 23.5 Å². The number of amides is 2. The average molecular weight is 448 g/mol. The molecule has 9 heteroatoms. The first kappa shape index (κ1) is 21.1. The lowest BCUT2D eigenvalue weighted by atomic mass is 10.2. The molecule has 2 amide bonds. The summed E-state index contributed by atoms with van der Waals surface area (Å²) in [6.07, 6.45) is 1.59. The molecule has 1 aromatic carbocycles. The van der Waals surface area contributed by atoms with Gasteiger partial charge >= 0.3 is 0 Å².